The van der Waals surface area contributed by atoms with E-state index in [1.165, 1.54) is 0 Å². The lowest BCUT2D eigenvalue weighted by atomic mass is 9.76. The molecule has 304 valence electrons. The molecule has 53 heavy (non-hydrogen) atoms. The first-order chi connectivity index (χ1) is 25.2. The molecule has 2 rings (SSSR count). The van der Waals surface area contributed by atoms with Crippen LogP contribution >= 0.6 is 11.8 Å². The van der Waals surface area contributed by atoms with Crippen molar-refractivity contribution >= 4 is 23.3 Å². The molecule has 4 unspecified atom stereocenters. The summed E-state index contributed by atoms with van der Waals surface area (Å²) in [6.07, 6.45) is 6.86. The quantitative estimate of drug-likeness (QED) is 0.0514. The fraction of sp³-hybridized carbons (Fsp3) is 0.750. The molecule has 4 atom stereocenters. The monoisotopic (exact) mass is 770 g/mol. The zero-order chi connectivity index (χ0) is 40.1. The Morgan fingerprint density at radius 3 is 0.925 bits per heavy atom. The molecule has 0 fully saturated rings. The summed E-state index contributed by atoms with van der Waals surface area (Å²) in [5, 5.41) is 0. The fourth-order valence-corrected chi connectivity index (χ4v) is 9.33. The first-order valence-electron chi connectivity index (χ1n) is 19.1. The zero-order valence-corrected chi connectivity index (χ0v) is 35.1. The predicted molar refractivity (Wildman–Crippen MR) is 205 cm³/mol. The lowest BCUT2D eigenvalue weighted by molar-refractivity contribution is -0.449. The highest BCUT2D eigenvalue weighted by Crippen LogP contribution is 2.65. The van der Waals surface area contributed by atoms with Crippen molar-refractivity contribution in [2.45, 2.75) is 116 Å². The van der Waals surface area contributed by atoms with Crippen molar-refractivity contribution in [2.24, 2.45) is 11.8 Å². The van der Waals surface area contributed by atoms with E-state index >= 15 is 0 Å². The topological polar surface area (TPSA) is 126 Å². The smallest absolute Gasteiger partial charge is 0.268 e. The van der Waals surface area contributed by atoms with Crippen molar-refractivity contribution in [3.05, 3.63) is 48.6 Å². The van der Waals surface area contributed by atoms with Crippen LogP contribution in [0.25, 0.3) is 0 Å². The van der Waals surface area contributed by atoms with Gasteiger partial charge < -0.3 is 47.4 Å². The van der Waals surface area contributed by atoms with Gasteiger partial charge in [-0.15, -0.1) is 0 Å². The van der Waals surface area contributed by atoms with Crippen LogP contribution in [0.15, 0.2) is 48.6 Å². The van der Waals surface area contributed by atoms with Gasteiger partial charge in [-0.05, 0) is 106 Å². The van der Waals surface area contributed by atoms with Crippen LogP contribution in [0.5, 0.6) is 0 Å². The van der Waals surface area contributed by atoms with Gasteiger partial charge in [0.05, 0.1) is 0 Å². The van der Waals surface area contributed by atoms with Gasteiger partial charge in [-0.3, -0.25) is 9.59 Å². The van der Waals surface area contributed by atoms with Crippen LogP contribution in [-0.4, -0.2) is 111 Å². The molecule has 0 saturated heterocycles. The van der Waals surface area contributed by atoms with Gasteiger partial charge in [0, 0.05) is 66.1 Å². The molecular formula is C40H66O12S. The van der Waals surface area contributed by atoms with Crippen LogP contribution in [-0.2, 0) is 57.0 Å². The van der Waals surface area contributed by atoms with Crippen LogP contribution < -0.4 is 0 Å². The number of hydrogen-bond donors (Lipinski definition) is 0. The molecule has 0 heterocycles. The molecule has 0 spiro atoms. The van der Waals surface area contributed by atoms with Crippen molar-refractivity contribution in [3.63, 3.8) is 0 Å². The standard InChI is InChI=1S/C40H66O12S/c1-15-43-35(27-25-31(33(41)29(11)12)37(45-17-3,46-18-4)39(35,49-21-7)50-22-8)53-36(44-16-2)28-26-32(34(42)30(13)14)38(47-19-5,48-20-6)40(36,51-23-9)52-24-10/h25-28,31-32H,11,13,15-24H2,1-10,12,14H3. The number of rotatable bonds is 26. The normalized spacial score (nSPS) is 26.7. The number of Topliss-reactive ketones (excluding diaryl/α,β-unsaturated/α-hetero) is 2. The molecule has 2 aliphatic rings. The summed E-state index contributed by atoms with van der Waals surface area (Å²) in [6, 6.07) is 0. The van der Waals surface area contributed by atoms with Gasteiger partial charge in [0.15, 0.2) is 21.4 Å². The number of carbonyl (C=O) groups is 2. The third-order valence-electron chi connectivity index (χ3n) is 8.92. The summed E-state index contributed by atoms with van der Waals surface area (Å²) in [5.41, 5.74) is 0.585. The average molecular weight is 771 g/mol. The molecule has 12 nitrogen and oxygen atoms in total. The van der Waals surface area contributed by atoms with Crippen LogP contribution in [0, 0.1) is 11.8 Å². The number of carbonyl (C=O) groups excluding carboxylic acids is 2. The maximum atomic E-state index is 14.1. The number of hydrogen-bond acceptors (Lipinski definition) is 13. The first kappa shape index (κ1) is 47.4. The molecule has 0 radical (unpaired) electrons. The second kappa shape index (κ2) is 20.4. The van der Waals surface area contributed by atoms with Crippen molar-refractivity contribution in [1.29, 1.82) is 0 Å². The summed E-state index contributed by atoms with van der Waals surface area (Å²) >= 11 is 1.11. The van der Waals surface area contributed by atoms with E-state index < -0.39 is 44.9 Å². The highest BCUT2D eigenvalue weighted by atomic mass is 32.2. The maximum Gasteiger partial charge on any atom is 0.268 e. The van der Waals surface area contributed by atoms with Gasteiger partial charge >= 0.3 is 0 Å². The second-order valence-electron chi connectivity index (χ2n) is 12.3. The van der Waals surface area contributed by atoms with Gasteiger partial charge in [-0.25, -0.2) is 0 Å². The number of ketones is 2. The lowest BCUT2D eigenvalue weighted by Crippen LogP contribution is -2.80. The minimum absolute atomic E-state index is 0.0929. The Bertz CT molecular complexity index is 1180. The van der Waals surface area contributed by atoms with E-state index in [0.29, 0.717) is 11.1 Å². The van der Waals surface area contributed by atoms with Crippen LogP contribution in [0.1, 0.15) is 83.1 Å². The first-order valence-corrected chi connectivity index (χ1v) is 19.9. The molecule has 0 bridgehead atoms. The van der Waals surface area contributed by atoms with Gasteiger partial charge in [-0.2, -0.15) is 0 Å². The van der Waals surface area contributed by atoms with Crippen molar-refractivity contribution in [1.82, 2.24) is 0 Å². The number of ether oxygens (including phenoxy) is 10. The van der Waals surface area contributed by atoms with E-state index in [9.17, 15) is 9.59 Å². The third-order valence-corrected chi connectivity index (χ3v) is 10.6. The Morgan fingerprint density at radius 1 is 0.472 bits per heavy atom. The van der Waals surface area contributed by atoms with Crippen LogP contribution in [0.2, 0.25) is 0 Å². The molecule has 0 aromatic heterocycles. The number of allylic oxidation sites excluding steroid dienone is 2. The molecule has 13 heteroatoms. The minimum Gasteiger partial charge on any atom is -0.355 e. The third kappa shape index (κ3) is 8.09. The van der Waals surface area contributed by atoms with E-state index in [1.807, 2.05) is 41.5 Å². The van der Waals surface area contributed by atoms with E-state index in [1.54, 1.807) is 65.8 Å². The van der Waals surface area contributed by atoms with Crippen molar-refractivity contribution < 1.29 is 57.0 Å². The average Bonchev–Trinajstić information content (AvgIpc) is 3.10. The predicted octanol–water partition coefficient (Wildman–Crippen LogP) is 6.92. The summed E-state index contributed by atoms with van der Waals surface area (Å²) in [4.78, 5) is 24.7. The summed E-state index contributed by atoms with van der Waals surface area (Å²) < 4.78 is 67.6. The molecule has 0 aliphatic heterocycles. The van der Waals surface area contributed by atoms with E-state index in [0.717, 1.165) is 11.8 Å². The van der Waals surface area contributed by atoms with E-state index in [-0.39, 0.29) is 77.6 Å². The summed E-state index contributed by atoms with van der Waals surface area (Å²) in [5.74, 6) is -10.6. The Kier molecular flexibility index (Phi) is 18.3. The molecule has 0 aromatic rings. The molecule has 0 N–H and O–H groups in total. The molecular weight excluding hydrogens is 704 g/mol. The van der Waals surface area contributed by atoms with Crippen LogP contribution in [0.4, 0.5) is 0 Å². The highest BCUT2D eigenvalue weighted by molar-refractivity contribution is 8.02. The maximum absolute atomic E-state index is 14.1. The summed E-state index contributed by atoms with van der Waals surface area (Å²) in [7, 11) is 0. The van der Waals surface area contributed by atoms with Crippen molar-refractivity contribution in [2.75, 3.05) is 66.1 Å². The Balaban J connectivity index is 3.41. The van der Waals surface area contributed by atoms with Crippen molar-refractivity contribution in [3.8, 4) is 0 Å². The summed E-state index contributed by atoms with van der Waals surface area (Å²) in [6.45, 7) is 30.4. The number of thioether (sulfide) groups is 1. The molecule has 0 saturated carbocycles. The largest absolute Gasteiger partial charge is 0.355 e. The Morgan fingerprint density at radius 2 is 0.717 bits per heavy atom. The van der Waals surface area contributed by atoms with Gasteiger partial charge in [0.1, 0.15) is 11.8 Å². The Hall–Kier alpha value is -1.75. The second-order valence-corrected chi connectivity index (χ2v) is 13.7. The molecule has 0 amide bonds. The van der Waals surface area contributed by atoms with E-state index in [2.05, 4.69) is 13.2 Å². The zero-order valence-electron chi connectivity index (χ0n) is 34.3. The lowest BCUT2D eigenvalue weighted by Gasteiger charge is -2.63. The Labute approximate surface area is 322 Å². The van der Waals surface area contributed by atoms with Gasteiger partial charge in [0.2, 0.25) is 11.6 Å². The molecule has 2 aliphatic carbocycles. The molecule has 0 aromatic carbocycles. The van der Waals surface area contributed by atoms with Crippen LogP contribution in [0.3, 0.4) is 0 Å². The minimum atomic E-state index is -2.01. The van der Waals surface area contributed by atoms with E-state index in [4.69, 9.17) is 47.4 Å². The fourth-order valence-electron chi connectivity index (χ4n) is 7.45. The highest BCUT2D eigenvalue weighted by Gasteiger charge is 2.80. The van der Waals surface area contributed by atoms with Gasteiger partial charge in [0.25, 0.3) is 11.6 Å². The van der Waals surface area contributed by atoms with Gasteiger partial charge in [-0.1, -0.05) is 37.1 Å². The SMILES string of the molecule is C=C(C)C(=O)C1C=CC(OCC)(SC2(OCC)C=CC(C(=O)C(=C)C)C(OCC)(OCC)C2(OCC)OCC)C(OCC)(OCC)C1(OCC)OCC.